The Labute approximate surface area is 326 Å². The maximum absolute atomic E-state index is 2.51. The number of benzene rings is 9. The summed E-state index contributed by atoms with van der Waals surface area (Å²) in [5, 5.41) is 10.3. The highest BCUT2D eigenvalue weighted by atomic mass is 14.4. The molecule has 0 saturated carbocycles. The maximum atomic E-state index is 2.51. The van der Waals surface area contributed by atoms with E-state index in [4.69, 9.17) is 0 Å². The van der Waals surface area contributed by atoms with Gasteiger partial charge >= 0.3 is 0 Å². The number of hydrogen-bond acceptors (Lipinski definition) is 0. The van der Waals surface area contributed by atoms with Crippen molar-refractivity contribution in [3.8, 4) is 33.4 Å². The Morgan fingerprint density at radius 3 is 1.59 bits per heavy atom. The van der Waals surface area contributed by atoms with Crippen molar-refractivity contribution in [2.75, 3.05) is 0 Å². The first-order chi connectivity index (χ1) is 27.8. The molecular formula is C56H36. The van der Waals surface area contributed by atoms with Gasteiger partial charge in [-0.3, -0.25) is 0 Å². The van der Waals surface area contributed by atoms with Gasteiger partial charge in [-0.05, 0) is 134 Å². The fraction of sp³-hybridized carbons (Fsp3) is 0.0357. The van der Waals surface area contributed by atoms with E-state index in [1.165, 1.54) is 115 Å². The van der Waals surface area contributed by atoms with Crippen LogP contribution in [0, 0.1) is 0 Å². The topological polar surface area (TPSA) is 0 Å². The van der Waals surface area contributed by atoms with Crippen molar-refractivity contribution in [2.24, 2.45) is 0 Å². The van der Waals surface area contributed by atoms with Gasteiger partial charge in [-0.2, -0.15) is 0 Å². The summed E-state index contributed by atoms with van der Waals surface area (Å²) in [5.74, 6) is 0.200. The minimum absolute atomic E-state index is 0.200. The highest BCUT2D eigenvalue weighted by Gasteiger charge is 2.35. The monoisotopic (exact) mass is 708 g/mol. The van der Waals surface area contributed by atoms with Gasteiger partial charge in [0.1, 0.15) is 0 Å². The predicted octanol–water partition coefficient (Wildman–Crippen LogP) is 14.9. The van der Waals surface area contributed by atoms with Crippen molar-refractivity contribution in [3.63, 3.8) is 0 Å². The zero-order chi connectivity index (χ0) is 36.7. The van der Waals surface area contributed by atoms with Crippen LogP contribution in [0.4, 0.5) is 0 Å². The number of rotatable bonds is 4. The van der Waals surface area contributed by atoms with Crippen molar-refractivity contribution < 1.29 is 0 Å². The third-order valence-electron chi connectivity index (χ3n) is 12.6. The molecule has 0 saturated heterocycles. The Morgan fingerprint density at radius 1 is 0.393 bits per heavy atom. The zero-order valence-corrected chi connectivity index (χ0v) is 30.8. The first-order valence-electron chi connectivity index (χ1n) is 19.8. The molecule has 1 atom stereocenters. The largest absolute Gasteiger partial charge is 0.0753 e. The third-order valence-corrected chi connectivity index (χ3v) is 12.6. The molecule has 260 valence electrons. The van der Waals surface area contributed by atoms with Crippen LogP contribution >= 0.6 is 0 Å². The van der Waals surface area contributed by atoms with Gasteiger partial charge in [0.25, 0.3) is 0 Å². The van der Waals surface area contributed by atoms with Crippen LogP contribution in [0.5, 0.6) is 0 Å². The molecule has 0 heteroatoms. The van der Waals surface area contributed by atoms with Gasteiger partial charge < -0.3 is 0 Å². The lowest BCUT2D eigenvalue weighted by Crippen LogP contribution is -2.20. The number of allylic oxidation sites excluding steroid dienone is 7. The molecule has 0 N–H and O–H groups in total. The fourth-order valence-electron chi connectivity index (χ4n) is 9.95. The summed E-state index contributed by atoms with van der Waals surface area (Å²) in [6.07, 6.45) is 12.9. The van der Waals surface area contributed by atoms with E-state index < -0.39 is 0 Å². The second-order valence-corrected chi connectivity index (χ2v) is 15.5. The van der Waals surface area contributed by atoms with E-state index in [2.05, 4.69) is 200 Å². The summed E-state index contributed by atoms with van der Waals surface area (Å²) in [5.41, 5.74) is 17.3. The van der Waals surface area contributed by atoms with Crippen LogP contribution in [0.2, 0.25) is 0 Å². The van der Waals surface area contributed by atoms with E-state index >= 15 is 0 Å². The van der Waals surface area contributed by atoms with E-state index in [0.29, 0.717) is 0 Å². The van der Waals surface area contributed by atoms with Gasteiger partial charge in [-0.15, -0.1) is 0 Å². The van der Waals surface area contributed by atoms with Gasteiger partial charge in [0, 0.05) is 5.92 Å². The summed E-state index contributed by atoms with van der Waals surface area (Å²) in [6, 6.07) is 63.1. The number of fused-ring (bicyclic) bond motifs is 6. The summed E-state index contributed by atoms with van der Waals surface area (Å²) in [4.78, 5) is 0. The average molecular weight is 709 g/mol. The van der Waals surface area contributed by atoms with Gasteiger partial charge in [0.15, 0.2) is 0 Å². The molecular weight excluding hydrogens is 673 g/mol. The molecule has 0 fully saturated rings. The highest BCUT2D eigenvalue weighted by Crippen LogP contribution is 2.53. The smallest absolute Gasteiger partial charge is 0.0352 e. The minimum Gasteiger partial charge on any atom is -0.0753 e. The Balaban J connectivity index is 0.975. The molecule has 12 rings (SSSR count). The molecule has 0 nitrogen and oxygen atoms in total. The minimum atomic E-state index is 0.200. The third kappa shape index (κ3) is 4.73. The Bertz CT molecular complexity index is 3270. The lowest BCUT2D eigenvalue weighted by atomic mass is 9.66. The SMILES string of the molecule is C1=Cc2c(-c3ccccc3-c3ccc4ccc5ccccc5c4c3)ccc3c2C2C1=CC=C(c1ccccc1-c1ccc4ccc5ccccc5c4c1)C2=CC3. The van der Waals surface area contributed by atoms with E-state index in [1.54, 1.807) is 0 Å². The van der Waals surface area contributed by atoms with Gasteiger partial charge in [-0.1, -0.05) is 188 Å². The second-order valence-electron chi connectivity index (χ2n) is 15.5. The van der Waals surface area contributed by atoms with Crippen LogP contribution < -0.4 is 0 Å². The normalized spacial score (nSPS) is 15.5. The van der Waals surface area contributed by atoms with Crippen LogP contribution in [0.1, 0.15) is 28.2 Å². The molecule has 9 aromatic rings. The van der Waals surface area contributed by atoms with Crippen LogP contribution in [-0.4, -0.2) is 0 Å². The van der Waals surface area contributed by atoms with Crippen LogP contribution in [0.15, 0.2) is 205 Å². The molecule has 3 aliphatic carbocycles. The molecule has 0 amide bonds. The molecule has 3 aliphatic rings. The molecule has 0 aromatic heterocycles. The lowest BCUT2D eigenvalue weighted by molar-refractivity contribution is 0.899. The van der Waals surface area contributed by atoms with Crippen LogP contribution in [-0.2, 0) is 6.42 Å². The average Bonchev–Trinajstić information content (AvgIpc) is 3.27. The van der Waals surface area contributed by atoms with Crippen molar-refractivity contribution >= 4 is 54.7 Å². The van der Waals surface area contributed by atoms with Crippen molar-refractivity contribution in [2.45, 2.75) is 12.3 Å². The Kier molecular flexibility index (Phi) is 6.86. The quantitative estimate of drug-likeness (QED) is 0.160. The molecule has 0 aliphatic heterocycles. The summed E-state index contributed by atoms with van der Waals surface area (Å²) in [7, 11) is 0. The van der Waals surface area contributed by atoms with Gasteiger partial charge in [0.2, 0.25) is 0 Å². The van der Waals surface area contributed by atoms with Crippen LogP contribution in [0.3, 0.4) is 0 Å². The molecule has 0 radical (unpaired) electrons. The molecule has 9 aromatic carbocycles. The Hall–Kier alpha value is -7.02. The summed E-state index contributed by atoms with van der Waals surface area (Å²) < 4.78 is 0. The summed E-state index contributed by atoms with van der Waals surface area (Å²) in [6.45, 7) is 0. The first-order valence-corrected chi connectivity index (χ1v) is 19.8. The fourth-order valence-corrected chi connectivity index (χ4v) is 9.95. The van der Waals surface area contributed by atoms with Gasteiger partial charge in [-0.25, -0.2) is 0 Å². The lowest BCUT2D eigenvalue weighted by Gasteiger charge is -2.37. The molecule has 1 unspecified atom stereocenters. The Morgan fingerprint density at radius 2 is 0.929 bits per heavy atom. The maximum Gasteiger partial charge on any atom is 0.0352 e. The molecule has 0 heterocycles. The number of hydrogen-bond donors (Lipinski definition) is 0. The van der Waals surface area contributed by atoms with Crippen molar-refractivity contribution in [3.05, 3.63) is 228 Å². The standard InChI is InChI=1S/C56H36/c1-3-11-43-35(9-1)17-19-37-21-23-41(33-53(37)43)45-13-5-7-15-47(45)49-29-25-39-28-32-52-50(30-26-40-27-31-51(49)55(39)56(40)52)48-16-8-6-14-46(48)42-24-22-38-20-18-36-10-2-4-12-44(36)54(38)34-42/h1-27,29-34,56H,28H2. The van der Waals surface area contributed by atoms with Crippen molar-refractivity contribution in [1.29, 1.82) is 0 Å². The van der Waals surface area contributed by atoms with Crippen molar-refractivity contribution in [1.82, 2.24) is 0 Å². The second kappa shape index (κ2) is 12.2. The van der Waals surface area contributed by atoms with E-state index in [0.717, 1.165) is 6.42 Å². The van der Waals surface area contributed by atoms with E-state index in [9.17, 15) is 0 Å². The molecule has 0 spiro atoms. The van der Waals surface area contributed by atoms with E-state index in [-0.39, 0.29) is 5.92 Å². The summed E-state index contributed by atoms with van der Waals surface area (Å²) >= 11 is 0. The zero-order valence-electron chi connectivity index (χ0n) is 30.8. The first kappa shape index (κ1) is 31.3. The van der Waals surface area contributed by atoms with Crippen LogP contribution in [0.25, 0.3) is 88.1 Å². The highest BCUT2D eigenvalue weighted by molar-refractivity contribution is 6.10. The van der Waals surface area contributed by atoms with Gasteiger partial charge in [0.05, 0.1) is 0 Å². The van der Waals surface area contributed by atoms with E-state index in [1.807, 2.05) is 0 Å². The predicted molar refractivity (Wildman–Crippen MR) is 239 cm³/mol. The molecule has 56 heavy (non-hydrogen) atoms. The molecule has 0 bridgehead atoms.